The van der Waals surface area contributed by atoms with Gasteiger partial charge in [0, 0.05) is 0 Å². The first-order valence-electron chi connectivity index (χ1n) is 11.4. The van der Waals surface area contributed by atoms with Crippen molar-refractivity contribution in [2.45, 2.75) is 26.4 Å². The highest BCUT2D eigenvalue weighted by atomic mass is 16.6. The molecule has 0 radical (unpaired) electrons. The molecule has 34 heavy (non-hydrogen) atoms. The molecule has 0 amide bonds. The lowest BCUT2D eigenvalue weighted by Crippen LogP contribution is -2.27. The Morgan fingerprint density at radius 3 is 1.03 bits per heavy atom. The van der Waals surface area contributed by atoms with Crippen molar-refractivity contribution in [1.82, 2.24) is 0 Å². The lowest BCUT2D eigenvalue weighted by Gasteiger charge is -2.19. The minimum absolute atomic E-state index is 0.0881. The summed E-state index contributed by atoms with van der Waals surface area (Å²) in [6, 6.07) is 0. The van der Waals surface area contributed by atoms with Crippen LogP contribution in [0.25, 0.3) is 0 Å². The highest BCUT2D eigenvalue weighted by Crippen LogP contribution is 2.06. The van der Waals surface area contributed by atoms with Crippen LogP contribution >= 0.6 is 0 Å². The summed E-state index contributed by atoms with van der Waals surface area (Å²) in [5.74, 6) is -1.39. The summed E-state index contributed by atoms with van der Waals surface area (Å²) >= 11 is 0. The Bertz CT molecular complexity index is 481. The fourth-order valence-corrected chi connectivity index (χ4v) is 2.12. The molecule has 0 unspecified atom stereocenters. The van der Waals surface area contributed by atoms with Gasteiger partial charge in [0.05, 0.1) is 92.5 Å². The summed E-state index contributed by atoms with van der Waals surface area (Å²) in [5.41, 5.74) is -0.512. The number of ether oxygens (including phenoxy) is 9. The molecular formula is C22H42O12. The van der Waals surface area contributed by atoms with Gasteiger partial charge in [0.15, 0.2) is 0 Å². The second-order valence-corrected chi connectivity index (χ2v) is 7.76. The molecule has 12 heteroatoms. The summed E-state index contributed by atoms with van der Waals surface area (Å²) in [6.45, 7) is 10.7. The van der Waals surface area contributed by atoms with Crippen LogP contribution in [-0.2, 0) is 52.2 Å². The second kappa shape index (κ2) is 23.4. The van der Waals surface area contributed by atoms with Gasteiger partial charge in [-0.2, -0.15) is 0 Å². The molecule has 0 fully saturated rings. The van der Waals surface area contributed by atoms with Crippen molar-refractivity contribution in [3.63, 3.8) is 0 Å². The van der Waals surface area contributed by atoms with Crippen molar-refractivity contribution in [2.24, 2.45) is 0 Å². The van der Waals surface area contributed by atoms with Crippen LogP contribution in [-0.4, -0.2) is 128 Å². The van der Waals surface area contributed by atoms with Crippen molar-refractivity contribution < 1.29 is 57.3 Å². The molecule has 0 bridgehead atoms. The van der Waals surface area contributed by atoms with Gasteiger partial charge in [0.2, 0.25) is 0 Å². The van der Waals surface area contributed by atoms with Gasteiger partial charge in [-0.15, -0.1) is 0 Å². The number of carboxylic acid groups (broad SMARTS) is 1. The van der Waals surface area contributed by atoms with E-state index in [1.54, 1.807) is 20.8 Å². The minimum atomic E-state index is -0.999. The first-order valence-corrected chi connectivity index (χ1v) is 11.4. The normalized spacial score (nSPS) is 11.6. The molecule has 0 aliphatic heterocycles. The lowest BCUT2D eigenvalue weighted by atomic mass is 10.2. The average molecular weight is 499 g/mol. The maximum atomic E-state index is 11.4. The zero-order valence-corrected chi connectivity index (χ0v) is 20.8. The summed E-state index contributed by atoms with van der Waals surface area (Å²) < 4.78 is 47.2. The third kappa shape index (κ3) is 28.7. The third-order valence-corrected chi connectivity index (χ3v) is 3.47. The van der Waals surface area contributed by atoms with Crippen LogP contribution in [0.3, 0.4) is 0 Å². The van der Waals surface area contributed by atoms with Crippen LogP contribution in [0.2, 0.25) is 0 Å². The zero-order valence-electron chi connectivity index (χ0n) is 20.8. The second-order valence-electron chi connectivity index (χ2n) is 7.76. The number of esters is 1. The van der Waals surface area contributed by atoms with Gasteiger partial charge in [-0.25, -0.2) is 9.59 Å². The number of rotatable bonds is 25. The minimum Gasteiger partial charge on any atom is -0.480 e. The summed E-state index contributed by atoms with van der Waals surface area (Å²) in [5, 5.41) is 8.39. The molecule has 1 N–H and O–H groups in total. The quantitative estimate of drug-likeness (QED) is 0.139. The van der Waals surface area contributed by atoms with Gasteiger partial charge in [-0.05, 0) is 20.8 Å². The van der Waals surface area contributed by atoms with Crippen molar-refractivity contribution in [1.29, 1.82) is 0 Å². The van der Waals surface area contributed by atoms with Gasteiger partial charge in [0.1, 0.15) is 18.8 Å². The summed E-state index contributed by atoms with van der Waals surface area (Å²) in [7, 11) is 0. The number of carbonyl (C=O) groups excluding carboxylic acids is 1. The Morgan fingerprint density at radius 2 is 0.765 bits per heavy atom. The molecule has 0 aromatic heterocycles. The first kappa shape index (κ1) is 32.6. The van der Waals surface area contributed by atoms with E-state index in [-0.39, 0.29) is 19.8 Å². The van der Waals surface area contributed by atoms with E-state index in [9.17, 15) is 9.59 Å². The molecule has 0 rings (SSSR count). The van der Waals surface area contributed by atoms with Crippen molar-refractivity contribution in [3.8, 4) is 0 Å². The SMILES string of the molecule is CC(C)(C)OC(=O)COCCOCCOCCOCCOCCOCCOCCOCC(=O)O. The first-order chi connectivity index (χ1) is 16.3. The molecule has 0 aliphatic carbocycles. The Morgan fingerprint density at radius 1 is 0.500 bits per heavy atom. The van der Waals surface area contributed by atoms with Gasteiger partial charge >= 0.3 is 11.9 Å². The van der Waals surface area contributed by atoms with E-state index in [2.05, 4.69) is 0 Å². The fourth-order valence-electron chi connectivity index (χ4n) is 2.12. The van der Waals surface area contributed by atoms with E-state index in [0.29, 0.717) is 85.9 Å². The molecule has 0 atom stereocenters. The van der Waals surface area contributed by atoms with E-state index in [0.717, 1.165) is 0 Å². The van der Waals surface area contributed by atoms with Crippen LogP contribution in [0.15, 0.2) is 0 Å². The van der Waals surface area contributed by atoms with Crippen molar-refractivity contribution >= 4 is 11.9 Å². The lowest BCUT2D eigenvalue weighted by molar-refractivity contribution is -0.160. The largest absolute Gasteiger partial charge is 0.480 e. The molecular weight excluding hydrogens is 456 g/mol. The Hall–Kier alpha value is -1.38. The van der Waals surface area contributed by atoms with Crippen LogP contribution < -0.4 is 0 Å². The number of aliphatic carboxylic acids is 1. The monoisotopic (exact) mass is 498 g/mol. The fraction of sp³-hybridized carbons (Fsp3) is 0.909. The summed E-state index contributed by atoms with van der Waals surface area (Å²) in [4.78, 5) is 21.7. The van der Waals surface area contributed by atoms with E-state index in [4.69, 9.17) is 47.7 Å². The van der Waals surface area contributed by atoms with E-state index in [1.807, 2.05) is 0 Å². The van der Waals surface area contributed by atoms with Gasteiger partial charge in [-0.1, -0.05) is 0 Å². The van der Waals surface area contributed by atoms with E-state index >= 15 is 0 Å². The third-order valence-electron chi connectivity index (χ3n) is 3.47. The summed E-state index contributed by atoms with van der Waals surface area (Å²) in [6.07, 6.45) is 0. The Labute approximate surface area is 202 Å². The number of hydrogen-bond acceptors (Lipinski definition) is 11. The smallest absolute Gasteiger partial charge is 0.332 e. The van der Waals surface area contributed by atoms with Crippen molar-refractivity contribution in [2.75, 3.05) is 106 Å². The number of carbonyl (C=O) groups is 2. The molecule has 0 aromatic rings. The molecule has 202 valence electrons. The molecule has 0 saturated carbocycles. The van der Waals surface area contributed by atoms with Gasteiger partial charge in [-0.3, -0.25) is 0 Å². The maximum Gasteiger partial charge on any atom is 0.332 e. The molecule has 12 nitrogen and oxygen atoms in total. The number of hydrogen-bond donors (Lipinski definition) is 1. The van der Waals surface area contributed by atoms with Crippen LogP contribution in [0.5, 0.6) is 0 Å². The number of carboxylic acids is 1. The van der Waals surface area contributed by atoms with Gasteiger partial charge < -0.3 is 47.7 Å². The van der Waals surface area contributed by atoms with Gasteiger partial charge in [0.25, 0.3) is 0 Å². The zero-order chi connectivity index (χ0) is 25.3. The Balaban J connectivity index is 3.11. The Kier molecular flexibility index (Phi) is 22.4. The topological polar surface area (TPSA) is 137 Å². The van der Waals surface area contributed by atoms with Crippen LogP contribution in [0.1, 0.15) is 20.8 Å². The van der Waals surface area contributed by atoms with Crippen LogP contribution in [0, 0.1) is 0 Å². The maximum absolute atomic E-state index is 11.4. The standard InChI is InChI=1S/C22H42O12/c1-22(2,3)34-21(25)19-33-17-15-31-13-11-29-9-7-27-5-4-26-6-8-28-10-12-30-14-16-32-18-20(23)24/h4-19H2,1-3H3,(H,23,24). The predicted molar refractivity (Wildman–Crippen MR) is 120 cm³/mol. The van der Waals surface area contributed by atoms with Crippen molar-refractivity contribution in [3.05, 3.63) is 0 Å². The highest BCUT2D eigenvalue weighted by molar-refractivity contribution is 5.71. The average Bonchev–Trinajstić information content (AvgIpc) is 2.75. The molecule has 0 aromatic carbocycles. The highest BCUT2D eigenvalue weighted by Gasteiger charge is 2.15. The molecule has 0 spiro atoms. The molecule has 0 saturated heterocycles. The van der Waals surface area contributed by atoms with Crippen LogP contribution in [0.4, 0.5) is 0 Å². The predicted octanol–water partition coefficient (Wildman–Crippen LogP) is 0.546. The molecule has 0 heterocycles. The molecule has 0 aliphatic rings. The van der Waals surface area contributed by atoms with E-state index < -0.39 is 17.5 Å². The van der Waals surface area contributed by atoms with E-state index in [1.165, 1.54) is 0 Å².